The summed E-state index contributed by atoms with van der Waals surface area (Å²) in [5.74, 6) is -0.179. The van der Waals surface area contributed by atoms with Crippen molar-refractivity contribution in [3.05, 3.63) is 53.1 Å². The fraction of sp³-hybridized carbons (Fsp3) is 0.444. The van der Waals surface area contributed by atoms with Crippen molar-refractivity contribution in [1.82, 2.24) is 15.1 Å². The van der Waals surface area contributed by atoms with Crippen LogP contribution in [0.15, 0.2) is 30.3 Å². The number of amides is 1. The van der Waals surface area contributed by atoms with Gasteiger partial charge in [0.05, 0.1) is 11.8 Å². The van der Waals surface area contributed by atoms with Crippen LogP contribution in [0.2, 0.25) is 0 Å². The van der Waals surface area contributed by atoms with Gasteiger partial charge in [0.15, 0.2) is 0 Å². The minimum atomic E-state index is -0.886. The van der Waals surface area contributed by atoms with Crippen LogP contribution in [0.5, 0.6) is 0 Å². The molecule has 130 valence electrons. The minimum Gasteiger partial charge on any atom is -0.387 e. The summed E-state index contributed by atoms with van der Waals surface area (Å²) < 4.78 is 14.6. The molecular formula is C18H24FN3O2. The minimum absolute atomic E-state index is 0.0544. The molecule has 0 aliphatic rings. The zero-order valence-electron chi connectivity index (χ0n) is 14.3. The third kappa shape index (κ3) is 4.64. The van der Waals surface area contributed by atoms with E-state index in [4.69, 9.17) is 0 Å². The lowest BCUT2D eigenvalue weighted by Crippen LogP contribution is -2.30. The maximum Gasteiger partial charge on any atom is 0.269 e. The monoisotopic (exact) mass is 333 g/mol. The lowest BCUT2D eigenvalue weighted by Gasteiger charge is -2.12. The number of aryl methyl sites for hydroxylation is 1. The molecule has 24 heavy (non-hydrogen) atoms. The van der Waals surface area contributed by atoms with E-state index in [0.717, 1.165) is 12.1 Å². The molecule has 0 aliphatic carbocycles. The van der Waals surface area contributed by atoms with Crippen molar-refractivity contribution in [1.29, 1.82) is 0 Å². The number of aromatic nitrogens is 2. The van der Waals surface area contributed by atoms with Crippen molar-refractivity contribution in [2.45, 2.75) is 39.8 Å². The van der Waals surface area contributed by atoms with E-state index in [2.05, 4.69) is 24.3 Å². The smallest absolute Gasteiger partial charge is 0.269 e. The van der Waals surface area contributed by atoms with Crippen LogP contribution in [0.1, 0.15) is 48.6 Å². The highest BCUT2D eigenvalue weighted by Crippen LogP contribution is 2.14. The third-order valence-corrected chi connectivity index (χ3v) is 3.69. The van der Waals surface area contributed by atoms with Gasteiger partial charge in [-0.3, -0.25) is 9.48 Å². The fourth-order valence-electron chi connectivity index (χ4n) is 2.49. The molecule has 0 aliphatic heterocycles. The largest absolute Gasteiger partial charge is 0.387 e. The summed E-state index contributed by atoms with van der Waals surface area (Å²) in [6.45, 7) is 6.78. The van der Waals surface area contributed by atoms with Crippen molar-refractivity contribution in [3.63, 3.8) is 0 Å². The highest BCUT2D eigenvalue weighted by molar-refractivity contribution is 5.92. The molecule has 2 aromatic rings. The van der Waals surface area contributed by atoms with Crippen molar-refractivity contribution in [2.24, 2.45) is 5.92 Å². The second-order valence-corrected chi connectivity index (χ2v) is 6.21. The van der Waals surface area contributed by atoms with Crippen molar-refractivity contribution >= 4 is 5.91 Å². The first-order chi connectivity index (χ1) is 11.4. The molecular weight excluding hydrogens is 309 g/mol. The Morgan fingerprint density at radius 2 is 2.00 bits per heavy atom. The maximum absolute atomic E-state index is 12.9. The van der Waals surface area contributed by atoms with Gasteiger partial charge in [0.2, 0.25) is 0 Å². The molecule has 0 fully saturated rings. The molecule has 0 unspecified atom stereocenters. The van der Waals surface area contributed by atoms with E-state index < -0.39 is 6.10 Å². The SMILES string of the molecule is CCn1nc(CC(C)C)cc1C(=O)NC[C@@H](O)c1ccc(F)cc1. The van der Waals surface area contributed by atoms with Gasteiger partial charge in [-0.25, -0.2) is 4.39 Å². The number of halogens is 1. The molecule has 5 nitrogen and oxygen atoms in total. The van der Waals surface area contributed by atoms with Crippen LogP contribution in [0.3, 0.4) is 0 Å². The number of nitrogens with zero attached hydrogens (tertiary/aromatic N) is 2. The molecule has 1 aromatic heterocycles. The number of carbonyl (C=O) groups is 1. The quantitative estimate of drug-likeness (QED) is 0.819. The van der Waals surface area contributed by atoms with Crippen LogP contribution >= 0.6 is 0 Å². The molecule has 0 radical (unpaired) electrons. The Hall–Kier alpha value is -2.21. The summed E-state index contributed by atoms with van der Waals surface area (Å²) in [4.78, 5) is 12.4. The number of aliphatic hydroxyl groups excluding tert-OH is 1. The Morgan fingerprint density at radius 1 is 1.33 bits per heavy atom. The first-order valence-corrected chi connectivity index (χ1v) is 8.19. The van der Waals surface area contributed by atoms with E-state index in [1.165, 1.54) is 24.3 Å². The molecule has 2 rings (SSSR count). The standard InChI is InChI=1S/C18H24FN3O2/c1-4-22-16(10-15(21-22)9-12(2)3)18(24)20-11-17(23)13-5-7-14(19)8-6-13/h5-8,10,12,17,23H,4,9,11H2,1-3H3,(H,20,24)/t17-/m1/s1. The summed E-state index contributed by atoms with van der Waals surface area (Å²) in [6, 6.07) is 7.37. The predicted molar refractivity (Wildman–Crippen MR) is 90.1 cm³/mol. The summed E-state index contributed by atoms with van der Waals surface area (Å²) in [7, 11) is 0. The van der Waals surface area contributed by atoms with E-state index in [-0.39, 0.29) is 18.3 Å². The van der Waals surface area contributed by atoms with E-state index in [9.17, 15) is 14.3 Å². The van der Waals surface area contributed by atoms with Crippen LogP contribution in [-0.4, -0.2) is 27.3 Å². The average molecular weight is 333 g/mol. The number of hydrogen-bond acceptors (Lipinski definition) is 3. The Bertz CT molecular complexity index is 680. The maximum atomic E-state index is 12.9. The van der Waals surface area contributed by atoms with E-state index in [0.29, 0.717) is 23.7 Å². The van der Waals surface area contributed by atoms with Gasteiger partial charge < -0.3 is 10.4 Å². The molecule has 2 N–H and O–H groups in total. The van der Waals surface area contributed by atoms with Crippen LogP contribution in [0.4, 0.5) is 4.39 Å². The second-order valence-electron chi connectivity index (χ2n) is 6.21. The molecule has 1 atom stereocenters. The van der Waals surface area contributed by atoms with Gasteiger partial charge in [-0.15, -0.1) is 0 Å². The van der Waals surface area contributed by atoms with Crippen molar-refractivity contribution < 1.29 is 14.3 Å². The Balaban J connectivity index is 2.01. The van der Waals surface area contributed by atoms with Crippen molar-refractivity contribution in [2.75, 3.05) is 6.54 Å². The van der Waals surface area contributed by atoms with Gasteiger partial charge in [-0.05, 0) is 43.0 Å². The number of rotatable bonds is 7. The zero-order valence-corrected chi connectivity index (χ0v) is 14.3. The van der Waals surface area contributed by atoms with Crippen LogP contribution in [-0.2, 0) is 13.0 Å². The summed E-state index contributed by atoms with van der Waals surface area (Å²) >= 11 is 0. The predicted octanol–water partition coefficient (Wildman–Crippen LogP) is 2.70. The second kappa shape index (κ2) is 8.06. The molecule has 0 spiro atoms. The number of aliphatic hydroxyl groups is 1. The highest BCUT2D eigenvalue weighted by atomic mass is 19.1. The highest BCUT2D eigenvalue weighted by Gasteiger charge is 2.16. The van der Waals surface area contributed by atoms with Crippen LogP contribution in [0.25, 0.3) is 0 Å². The molecule has 1 amide bonds. The molecule has 1 heterocycles. The third-order valence-electron chi connectivity index (χ3n) is 3.69. The Morgan fingerprint density at radius 3 is 2.58 bits per heavy atom. The zero-order chi connectivity index (χ0) is 17.7. The molecule has 0 bridgehead atoms. The number of hydrogen-bond donors (Lipinski definition) is 2. The number of nitrogens with one attached hydrogen (secondary N) is 1. The number of carbonyl (C=O) groups excluding carboxylic acids is 1. The van der Waals surface area contributed by atoms with Crippen molar-refractivity contribution in [3.8, 4) is 0 Å². The van der Waals surface area contributed by atoms with Gasteiger partial charge in [0, 0.05) is 13.1 Å². The van der Waals surface area contributed by atoms with Gasteiger partial charge in [0.1, 0.15) is 11.5 Å². The molecule has 6 heteroatoms. The van der Waals surface area contributed by atoms with Crippen LogP contribution < -0.4 is 5.32 Å². The van der Waals surface area contributed by atoms with E-state index >= 15 is 0 Å². The molecule has 0 saturated carbocycles. The van der Waals surface area contributed by atoms with Gasteiger partial charge in [-0.1, -0.05) is 26.0 Å². The first-order valence-electron chi connectivity index (χ1n) is 8.19. The van der Waals surface area contributed by atoms with Gasteiger partial charge in [0.25, 0.3) is 5.91 Å². The number of benzene rings is 1. The van der Waals surface area contributed by atoms with Gasteiger partial charge >= 0.3 is 0 Å². The Kier molecular flexibility index (Phi) is 6.09. The topological polar surface area (TPSA) is 67.2 Å². The first kappa shape index (κ1) is 18.1. The van der Waals surface area contributed by atoms with Gasteiger partial charge in [-0.2, -0.15) is 5.10 Å². The average Bonchev–Trinajstić information content (AvgIpc) is 2.95. The fourth-order valence-corrected chi connectivity index (χ4v) is 2.49. The summed E-state index contributed by atoms with van der Waals surface area (Å²) in [6.07, 6.45) is -0.0754. The molecule has 1 aromatic carbocycles. The lowest BCUT2D eigenvalue weighted by molar-refractivity contribution is 0.0905. The summed E-state index contributed by atoms with van der Waals surface area (Å²) in [5.41, 5.74) is 1.93. The van der Waals surface area contributed by atoms with Crippen LogP contribution in [0, 0.1) is 11.7 Å². The molecule has 0 saturated heterocycles. The normalized spacial score (nSPS) is 12.4. The lowest BCUT2D eigenvalue weighted by atomic mass is 10.1. The Labute approximate surface area is 141 Å². The summed E-state index contributed by atoms with van der Waals surface area (Å²) in [5, 5.41) is 17.2. The van der Waals surface area contributed by atoms with E-state index in [1.54, 1.807) is 10.7 Å². The van der Waals surface area contributed by atoms with E-state index in [1.807, 2.05) is 6.92 Å².